The van der Waals surface area contributed by atoms with Crippen LogP contribution in [0, 0.1) is 0 Å². The normalized spacial score (nSPS) is 9.94. The lowest BCUT2D eigenvalue weighted by molar-refractivity contribution is -0.118. The van der Waals surface area contributed by atoms with E-state index in [2.05, 4.69) is 31.4 Å². The van der Waals surface area contributed by atoms with Crippen molar-refractivity contribution in [2.24, 2.45) is 0 Å². The second kappa shape index (κ2) is 5.74. The minimum absolute atomic E-state index is 0.0673. The molecule has 7 heteroatoms. The molecule has 0 aliphatic carbocycles. The minimum atomic E-state index is -0.266. The number of para-hydroxylation sites is 1. The van der Waals surface area contributed by atoms with Crippen LogP contribution in [0.5, 0.6) is 5.75 Å². The van der Waals surface area contributed by atoms with E-state index in [0.29, 0.717) is 10.9 Å². The molecule has 0 unspecified atom stereocenters. The predicted molar refractivity (Wildman–Crippen MR) is 68.2 cm³/mol. The largest absolute Gasteiger partial charge is 0.483 e. The maximum absolute atomic E-state index is 11.5. The van der Waals surface area contributed by atoms with Crippen LogP contribution in [0.4, 0.5) is 5.13 Å². The molecule has 0 aliphatic heterocycles. The monoisotopic (exact) mass is 313 g/mol. The molecule has 0 radical (unpaired) electrons. The lowest BCUT2D eigenvalue weighted by atomic mass is 10.3. The molecule has 2 rings (SSSR count). The van der Waals surface area contributed by atoms with Crippen LogP contribution in [-0.4, -0.2) is 22.7 Å². The zero-order chi connectivity index (χ0) is 12.1. The molecule has 0 saturated heterocycles. The second-order valence-corrected chi connectivity index (χ2v) is 4.70. The minimum Gasteiger partial charge on any atom is -0.483 e. The average molecular weight is 314 g/mol. The highest BCUT2D eigenvalue weighted by molar-refractivity contribution is 9.10. The van der Waals surface area contributed by atoms with Crippen molar-refractivity contribution in [1.82, 2.24) is 10.2 Å². The summed E-state index contributed by atoms with van der Waals surface area (Å²) in [7, 11) is 0. The van der Waals surface area contributed by atoms with E-state index in [-0.39, 0.29) is 12.5 Å². The Hall–Kier alpha value is -1.47. The third kappa shape index (κ3) is 3.50. The van der Waals surface area contributed by atoms with Gasteiger partial charge in [-0.1, -0.05) is 23.5 Å². The summed E-state index contributed by atoms with van der Waals surface area (Å²) >= 11 is 4.59. The first-order valence-electron chi connectivity index (χ1n) is 4.69. The van der Waals surface area contributed by atoms with Gasteiger partial charge in [-0.2, -0.15) is 0 Å². The maximum Gasteiger partial charge on any atom is 0.264 e. The van der Waals surface area contributed by atoms with Crippen LogP contribution in [0.25, 0.3) is 0 Å². The zero-order valence-corrected chi connectivity index (χ0v) is 11.0. The van der Waals surface area contributed by atoms with Gasteiger partial charge in [0.15, 0.2) is 6.61 Å². The molecule has 1 amide bonds. The topological polar surface area (TPSA) is 64.1 Å². The number of aromatic nitrogens is 2. The number of halogens is 1. The summed E-state index contributed by atoms with van der Waals surface area (Å²) in [6.07, 6.45) is 0. The van der Waals surface area contributed by atoms with Crippen LogP contribution in [0.3, 0.4) is 0 Å². The molecule has 1 aromatic carbocycles. The first kappa shape index (κ1) is 12.0. The van der Waals surface area contributed by atoms with E-state index in [0.717, 1.165) is 4.47 Å². The summed E-state index contributed by atoms with van der Waals surface area (Å²) in [5.74, 6) is 0.359. The van der Waals surface area contributed by atoms with E-state index >= 15 is 0 Å². The van der Waals surface area contributed by atoms with Gasteiger partial charge in [0, 0.05) is 0 Å². The smallest absolute Gasteiger partial charge is 0.264 e. The van der Waals surface area contributed by atoms with Crippen molar-refractivity contribution < 1.29 is 9.53 Å². The molecule has 0 bridgehead atoms. The number of ether oxygens (including phenoxy) is 1. The summed E-state index contributed by atoms with van der Waals surface area (Å²) in [6.45, 7) is -0.0673. The van der Waals surface area contributed by atoms with Gasteiger partial charge < -0.3 is 4.74 Å². The molecule has 88 valence electrons. The quantitative estimate of drug-likeness (QED) is 0.940. The SMILES string of the molecule is O=C(COc1ccccc1Br)Nc1nncs1. The molecule has 1 N–H and O–H groups in total. The highest BCUT2D eigenvalue weighted by Crippen LogP contribution is 2.23. The molecule has 2 aromatic rings. The van der Waals surface area contributed by atoms with Crippen LogP contribution in [0.15, 0.2) is 34.2 Å². The van der Waals surface area contributed by atoms with Crippen molar-refractivity contribution in [3.63, 3.8) is 0 Å². The Labute approximate surface area is 110 Å². The van der Waals surface area contributed by atoms with Crippen molar-refractivity contribution >= 4 is 38.3 Å². The molecule has 1 aromatic heterocycles. The highest BCUT2D eigenvalue weighted by Gasteiger charge is 2.06. The van der Waals surface area contributed by atoms with Gasteiger partial charge in [-0.15, -0.1) is 10.2 Å². The van der Waals surface area contributed by atoms with E-state index in [1.165, 1.54) is 11.3 Å². The summed E-state index contributed by atoms with van der Waals surface area (Å²) < 4.78 is 6.15. The standard InChI is InChI=1S/C10H8BrN3O2S/c11-7-3-1-2-4-8(7)16-5-9(15)13-10-14-12-6-17-10/h1-4,6H,5H2,(H,13,14,15). The second-order valence-electron chi connectivity index (χ2n) is 3.01. The molecule has 0 saturated carbocycles. The third-order valence-corrected chi connectivity index (χ3v) is 3.06. The van der Waals surface area contributed by atoms with Gasteiger partial charge in [-0.05, 0) is 28.1 Å². The Bertz CT molecular complexity index is 504. The number of nitrogens with one attached hydrogen (secondary N) is 1. The van der Waals surface area contributed by atoms with Crippen LogP contribution >= 0.6 is 27.3 Å². The van der Waals surface area contributed by atoms with Crippen molar-refractivity contribution in [2.45, 2.75) is 0 Å². The van der Waals surface area contributed by atoms with E-state index in [9.17, 15) is 4.79 Å². The van der Waals surface area contributed by atoms with E-state index in [4.69, 9.17) is 4.74 Å². The number of hydrogen-bond acceptors (Lipinski definition) is 5. The summed E-state index contributed by atoms with van der Waals surface area (Å²) in [5, 5.41) is 10.4. The summed E-state index contributed by atoms with van der Waals surface area (Å²) in [4.78, 5) is 11.5. The number of rotatable bonds is 4. The van der Waals surface area contributed by atoms with E-state index in [1.807, 2.05) is 18.2 Å². The summed E-state index contributed by atoms with van der Waals surface area (Å²) in [6, 6.07) is 7.33. The van der Waals surface area contributed by atoms with Gasteiger partial charge in [0.1, 0.15) is 11.3 Å². The Kier molecular flexibility index (Phi) is 4.05. The predicted octanol–water partition coefficient (Wildman–Crippen LogP) is 2.32. The van der Waals surface area contributed by atoms with Crippen molar-refractivity contribution in [1.29, 1.82) is 0 Å². The first-order chi connectivity index (χ1) is 8.25. The number of carbonyl (C=O) groups excluding carboxylic acids is 1. The average Bonchev–Trinajstić information content (AvgIpc) is 2.81. The molecule has 0 spiro atoms. The van der Waals surface area contributed by atoms with Crippen LogP contribution in [-0.2, 0) is 4.79 Å². The van der Waals surface area contributed by atoms with Gasteiger partial charge in [0.25, 0.3) is 5.91 Å². The number of carbonyl (C=O) groups is 1. The fourth-order valence-electron chi connectivity index (χ4n) is 1.09. The molecule has 5 nitrogen and oxygen atoms in total. The molecular formula is C10H8BrN3O2S. The number of anilines is 1. The fraction of sp³-hybridized carbons (Fsp3) is 0.100. The Balaban J connectivity index is 1.86. The number of nitrogens with zero attached hydrogens (tertiary/aromatic N) is 2. The number of hydrogen-bond donors (Lipinski definition) is 1. The molecule has 0 atom stereocenters. The number of amides is 1. The lowest BCUT2D eigenvalue weighted by Crippen LogP contribution is -2.20. The number of benzene rings is 1. The molecule has 0 fully saturated rings. The van der Waals surface area contributed by atoms with Crippen LogP contribution < -0.4 is 10.1 Å². The fourth-order valence-corrected chi connectivity index (χ4v) is 1.95. The zero-order valence-electron chi connectivity index (χ0n) is 8.59. The van der Waals surface area contributed by atoms with Crippen molar-refractivity contribution in [3.05, 3.63) is 34.2 Å². The maximum atomic E-state index is 11.5. The first-order valence-corrected chi connectivity index (χ1v) is 6.36. The highest BCUT2D eigenvalue weighted by atomic mass is 79.9. The van der Waals surface area contributed by atoms with Crippen molar-refractivity contribution in [2.75, 3.05) is 11.9 Å². The van der Waals surface area contributed by atoms with Gasteiger partial charge in [0.2, 0.25) is 5.13 Å². The molecule has 0 aliphatic rings. The van der Waals surface area contributed by atoms with Crippen molar-refractivity contribution in [3.8, 4) is 5.75 Å². The lowest BCUT2D eigenvalue weighted by Gasteiger charge is -2.06. The van der Waals surface area contributed by atoms with Gasteiger partial charge in [-0.3, -0.25) is 10.1 Å². The van der Waals surface area contributed by atoms with Crippen LogP contribution in [0.1, 0.15) is 0 Å². The van der Waals surface area contributed by atoms with Crippen LogP contribution in [0.2, 0.25) is 0 Å². The van der Waals surface area contributed by atoms with Gasteiger partial charge in [-0.25, -0.2) is 0 Å². The third-order valence-electron chi connectivity index (χ3n) is 1.80. The Morgan fingerprint density at radius 1 is 1.47 bits per heavy atom. The molecular weight excluding hydrogens is 306 g/mol. The van der Waals surface area contributed by atoms with E-state index < -0.39 is 0 Å². The van der Waals surface area contributed by atoms with Gasteiger partial charge in [0.05, 0.1) is 4.47 Å². The van der Waals surface area contributed by atoms with E-state index in [1.54, 1.807) is 11.6 Å². The summed E-state index contributed by atoms with van der Waals surface area (Å²) in [5.41, 5.74) is 1.55. The Morgan fingerprint density at radius 2 is 2.29 bits per heavy atom. The Morgan fingerprint density at radius 3 is 3.00 bits per heavy atom. The molecule has 17 heavy (non-hydrogen) atoms. The molecule has 1 heterocycles. The van der Waals surface area contributed by atoms with Gasteiger partial charge >= 0.3 is 0 Å².